The number of rotatable bonds is 4. The number of ether oxygens (including phenoxy) is 1. The van der Waals surface area contributed by atoms with Gasteiger partial charge in [-0.05, 0) is 30.7 Å². The van der Waals surface area contributed by atoms with Crippen LogP contribution in [0.2, 0.25) is 5.02 Å². The number of hydrogen-bond acceptors (Lipinski definition) is 3. The predicted octanol–water partition coefficient (Wildman–Crippen LogP) is 3.39. The highest BCUT2D eigenvalue weighted by molar-refractivity contribution is 6.30. The van der Waals surface area contributed by atoms with Crippen LogP contribution in [0.4, 0.5) is 0 Å². The van der Waals surface area contributed by atoms with Crippen molar-refractivity contribution in [3.8, 4) is 5.75 Å². The van der Waals surface area contributed by atoms with Gasteiger partial charge in [0.05, 0.1) is 10.7 Å². The van der Waals surface area contributed by atoms with Crippen LogP contribution in [-0.4, -0.2) is 29.1 Å². The normalized spacial score (nSPS) is 19.1. The largest absolute Gasteiger partial charge is 0.489 e. The molecule has 2 heterocycles. The zero-order valence-corrected chi connectivity index (χ0v) is 12.0. The Morgan fingerprint density at radius 3 is 2.80 bits per heavy atom. The average molecular weight is 289 g/mol. The Kier molecular flexibility index (Phi) is 4.19. The fraction of sp³-hybridized carbons (Fsp3) is 0.312. The molecule has 3 rings (SSSR count). The molecule has 1 aliphatic rings. The van der Waals surface area contributed by atoms with Crippen molar-refractivity contribution in [2.45, 2.75) is 19.1 Å². The summed E-state index contributed by atoms with van der Waals surface area (Å²) in [6.45, 7) is 2.84. The lowest BCUT2D eigenvalue weighted by molar-refractivity contribution is 0.198. The number of likely N-dealkylation sites (tertiary alicyclic amines) is 1. The topological polar surface area (TPSA) is 25.4 Å². The monoisotopic (exact) mass is 288 g/mol. The van der Waals surface area contributed by atoms with Gasteiger partial charge in [-0.1, -0.05) is 29.8 Å². The van der Waals surface area contributed by atoms with Gasteiger partial charge in [-0.15, -0.1) is 0 Å². The molecule has 4 heteroatoms. The minimum absolute atomic E-state index is 0.268. The Morgan fingerprint density at radius 1 is 1.20 bits per heavy atom. The van der Waals surface area contributed by atoms with Crippen LogP contribution in [0.25, 0.3) is 0 Å². The van der Waals surface area contributed by atoms with Crippen molar-refractivity contribution in [3.63, 3.8) is 0 Å². The van der Waals surface area contributed by atoms with Crippen LogP contribution in [0, 0.1) is 0 Å². The van der Waals surface area contributed by atoms with Gasteiger partial charge in [-0.25, -0.2) is 0 Å². The zero-order chi connectivity index (χ0) is 13.8. The van der Waals surface area contributed by atoms with Crippen molar-refractivity contribution in [1.82, 2.24) is 9.88 Å². The molecule has 2 aromatic rings. The molecule has 0 aliphatic carbocycles. The molecule has 3 nitrogen and oxygen atoms in total. The molecule has 1 aromatic heterocycles. The van der Waals surface area contributed by atoms with E-state index in [1.165, 1.54) is 0 Å². The minimum Gasteiger partial charge on any atom is -0.489 e. The molecule has 1 atom stereocenters. The van der Waals surface area contributed by atoms with Crippen molar-refractivity contribution in [2.75, 3.05) is 13.1 Å². The number of nitrogens with zero attached hydrogens (tertiary/aromatic N) is 2. The molecule has 104 valence electrons. The van der Waals surface area contributed by atoms with Gasteiger partial charge in [0.15, 0.2) is 0 Å². The van der Waals surface area contributed by atoms with E-state index >= 15 is 0 Å². The molecule has 20 heavy (non-hydrogen) atoms. The third kappa shape index (κ3) is 3.50. The highest BCUT2D eigenvalue weighted by Crippen LogP contribution is 2.19. The highest BCUT2D eigenvalue weighted by Gasteiger charge is 2.24. The number of hydrogen-bond donors (Lipinski definition) is 0. The van der Waals surface area contributed by atoms with E-state index in [1.54, 1.807) is 6.20 Å². The number of pyridine rings is 1. The lowest BCUT2D eigenvalue weighted by atomic mass is 10.3. The second-order valence-electron chi connectivity index (χ2n) is 5.04. The van der Waals surface area contributed by atoms with Crippen molar-refractivity contribution in [1.29, 1.82) is 0 Å². The summed E-state index contributed by atoms with van der Waals surface area (Å²) >= 11 is 5.85. The Morgan fingerprint density at radius 2 is 2.05 bits per heavy atom. The van der Waals surface area contributed by atoms with Gasteiger partial charge >= 0.3 is 0 Å². The Hall–Kier alpha value is -1.58. The minimum atomic E-state index is 0.268. The first-order valence-electron chi connectivity index (χ1n) is 6.84. The summed E-state index contributed by atoms with van der Waals surface area (Å²) in [5, 5.41) is 0.681. The summed E-state index contributed by atoms with van der Waals surface area (Å²) in [5.74, 6) is 0.948. The summed E-state index contributed by atoms with van der Waals surface area (Å²) in [4.78, 5) is 6.70. The highest BCUT2D eigenvalue weighted by atomic mass is 35.5. The smallest absolute Gasteiger partial charge is 0.119 e. The Balaban J connectivity index is 1.53. The molecule has 1 aliphatic heterocycles. The van der Waals surface area contributed by atoms with Gasteiger partial charge in [-0.3, -0.25) is 9.88 Å². The van der Waals surface area contributed by atoms with Gasteiger partial charge in [0.1, 0.15) is 11.9 Å². The molecule has 1 fully saturated rings. The van der Waals surface area contributed by atoms with Crippen LogP contribution < -0.4 is 4.74 Å². The second kappa shape index (κ2) is 6.25. The summed E-state index contributed by atoms with van der Waals surface area (Å²) in [7, 11) is 0. The van der Waals surface area contributed by atoms with Gasteiger partial charge in [0.2, 0.25) is 0 Å². The molecular formula is C16H17ClN2O. The first kappa shape index (κ1) is 13.4. The lowest BCUT2D eigenvalue weighted by Crippen LogP contribution is -2.24. The van der Waals surface area contributed by atoms with Crippen LogP contribution in [0.5, 0.6) is 5.75 Å². The summed E-state index contributed by atoms with van der Waals surface area (Å²) in [6.07, 6.45) is 3.03. The van der Waals surface area contributed by atoms with E-state index < -0.39 is 0 Å². The quantitative estimate of drug-likeness (QED) is 0.862. The van der Waals surface area contributed by atoms with Crippen LogP contribution in [0.15, 0.2) is 48.7 Å². The Bertz CT molecular complexity index is 544. The van der Waals surface area contributed by atoms with Gasteiger partial charge in [-0.2, -0.15) is 0 Å². The first-order valence-corrected chi connectivity index (χ1v) is 7.22. The standard InChI is InChI=1S/C16H17ClN2O/c17-13-6-7-14(18-10-13)11-19-9-8-16(12-19)20-15-4-2-1-3-5-15/h1-7,10,16H,8-9,11-12H2/t16-/m0/s1. The second-order valence-corrected chi connectivity index (χ2v) is 5.48. The Labute approximate surface area is 124 Å². The number of aromatic nitrogens is 1. The molecule has 0 radical (unpaired) electrons. The third-order valence-corrected chi connectivity index (χ3v) is 3.67. The molecule has 0 N–H and O–H groups in total. The predicted molar refractivity (Wildman–Crippen MR) is 80.0 cm³/mol. The maximum atomic E-state index is 5.98. The maximum absolute atomic E-state index is 5.98. The SMILES string of the molecule is Clc1ccc(CN2CC[C@H](Oc3ccccc3)C2)nc1. The number of para-hydroxylation sites is 1. The van der Waals surface area contributed by atoms with Crippen molar-refractivity contribution in [2.24, 2.45) is 0 Å². The zero-order valence-electron chi connectivity index (χ0n) is 11.2. The third-order valence-electron chi connectivity index (χ3n) is 3.45. The van der Waals surface area contributed by atoms with E-state index in [0.717, 1.165) is 37.5 Å². The lowest BCUT2D eigenvalue weighted by Gasteiger charge is -2.16. The van der Waals surface area contributed by atoms with E-state index in [0.29, 0.717) is 5.02 Å². The maximum Gasteiger partial charge on any atom is 0.119 e. The van der Waals surface area contributed by atoms with E-state index in [1.807, 2.05) is 42.5 Å². The van der Waals surface area contributed by atoms with Gasteiger partial charge in [0.25, 0.3) is 0 Å². The number of halogens is 1. The van der Waals surface area contributed by atoms with Crippen molar-refractivity contribution < 1.29 is 4.74 Å². The van der Waals surface area contributed by atoms with E-state index in [2.05, 4.69) is 9.88 Å². The molecule has 0 bridgehead atoms. The molecule has 0 unspecified atom stereocenters. The molecule has 1 aromatic carbocycles. The fourth-order valence-electron chi connectivity index (χ4n) is 2.46. The van der Waals surface area contributed by atoms with Gasteiger partial charge in [0, 0.05) is 25.8 Å². The van der Waals surface area contributed by atoms with Crippen LogP contribution in [-0.2, 0) is 6.54 Å². The van der Waals surface area contributed by atoms with Crippen molar-refractivity contribution in [3.05, 3.63) is 59.4 Å². The number of benzene rings is 1. The van der Waals surface area contributed by atoms with Crippen LogP contribution in [0.1, 0.15) is 12.1 Å². The first-order chi connectivity index (χ1) is 9.79. The average Bonchev–Trinajstić information content (AvgIpc) is 2.90. The molecule has 1 saturated heterocycles. The summed E-state index contributed by atoms with van der Waals surface area (Å²) < 4.78 is 5.98. The van der Waals surface area contributed by atoms with Gasteiger partial charge < -0.3 is 4.74 Å². The van der Waals surface area contributed by atoms with E-state index in [-0.39, 0.29) is 6.10 Å². The molecule has 0 amide bonds. The molecular weight excluding hydrogens is 272 g/mol. The fourth-order valence-corrected chi connectivity index (χ4v) is 2.57. The van der Waals surface area contributed by atoms with E-state index in [9.17, 15) is 0 Å². The van der Waals surface area contributed by atoms with E-state index in [4.69, 9.17) is 16.3 Å². The van der Waals surface area contributed by atoms with Crippen LogP contribution in [0.3, 0.4) is 0 Å². The van der Waals surface area contributed by atoms with Crippen LogP contribution >= 0.6 is 11.6 Å². The van der Waals surface area contributed by atoms with Crippen molar-refractivity contribution >= 4 is 11.6 Å². The summed E-state index contributed by atoms with van der Waals surface area (Å²) in [6, 6.07) is 13.9. The summed E-state index contributed by atoms with van der Waals surface area (Å²) in [5.41, 5.74) is 1.05. The molecule has 0 spiro atoms. The molecule has 0 saturated carbocycles.